The van der Waals surface area contributed by atoms with Crippen LogP contribution in [0.2, 0.25) is 0 Å². The maximum Gasteiger partial charge on any atom is 0.227 e. The van der Waals surface area contributed by atoms with Gasteiger partial charge in [-0.15, -0.1) is 5.10 Å². The maximum atomic E-state index is 11.9. The normalized spacial score (nSPS) is 21.2. The van der Waals surface area contributed by atoms with Gasteiger partial charge in [-0.25, -0.2) is 4.68 Å². The number of aromatic nitrogens is 4. The van der Waals surface area contributed by atoms with E-state index in [0.717, 1.165) is 23.4 Å². The summed E-state index contributed by atoms with van der Waals surface area (Å²) in [5.74, 6) is 0.808. The van der Waals surface area contributed by atoms with E-state index in [1.807, 2.05) is 25.1 Å². The molecule has 0 saturated heterocycles. The van der Waals surface area contributed by atoms with Crippen molar-refractivity contribution in [3.63, 3.8) is 0 Å². The van der Waals surface area contributed by atoms with E-state index >= 15 is 0 Å². The maximum absolute atomic E-state index is 11.9. The van der Waals surface area contributed by atoms with E-state index in [1.54, 1.807) is 11.0 Å². The number of nitrogens with one attached hydrogen (secondary N) is 1. The minimum absolute atomic E-state index is 0.113. The molecule has 1 amide bonds. The van der Waals surface area contributed by atoms with Crippen molar-refractivity contribution in [1.82, 2.24) is 20.2 Å². The lowest BCUT2D eigenvalue weighted by Gasteiger charge is -2.09. The lowest BCUT2D eigenvalue weighted by atomic mass is 10.1. The fourth-order valence-electron chi connectivity index (χ4n) is 2.18. The van der Waals surface area contributed by atoms with Crippen molar-refractivity contribution in [2.45, 2.75) is 20.3 Å². The van der Waals surface area contributed by atoms with Gasteiger partial charge in [-0.2, -0.15) is 0 Å². The summed E-state index contributed by atoms with van der Waals surface area (Å²) < 4.78 is 1.60. The molecule has 1 aliphatic rings. The highest BCUT2D eigenvalue weighted by Gasteiger charge is 2.39. The minimum Gasteiger partial charge on any atom is -0.326 e. The molecule has 98 valence electrons. The number of hydrogen-bond acceptors (Lipinski definition) is 4. The van der Waals surface area contributed by atoms with E-state index in [2.05, 4.69) is 27.8 Å². The van der Waals surface area contributed by atoms with Gasteiger partial charge in [-0.05, 0) is 53.5 Å². The van der Waals surface area contributed by atoms with Gasteiger partial charge in [0, 0.05) is 11.6 Å². The molecule has 6 heteroatoms. The Morgan fingerprint density at radius 3 is 2.84 bits per heavy atom. The monoisotopic (exact) mass is 257 g/mol. The van der Waals surface area contributed by atoms with Crippen LogP contribution in [0.15, 0.2) is 24.5 Å². The van der Waals surface area contributed by atoms with E-state index in [-0.39, 0.29) is 11.8 Å². The predicted molar refractivity (Wildman–Crippen MR) is 69.8 cm³/mol. The van der Waals surface area contributed by atoms with Crippen molar-refractivity contribution in [3.05, 3.63) is 30.1 Å². The fraction of sp³-hybridized carbons (Fsp3) is 0.385. The van der Waals surface area contributed by atoms with Gasteiger partial charge >= 0.3 is 0 Å². The van der Waals surface area contributed by atoms with Crippen molar-refractivity contribution in [3.8, 4) is 5.69 Å². The van der Waals surface area contributed by atoms with E-state index in [4.69, 9.17) is 0 Å². The molecule has 6 nitrogen and oxygen atoms in total. The summed E-state index contributed by atoms with van der Waals surface area (Å²) in [5, 5.41) is 14.0. The summed E-state index contributed by atoms with van der Waals surface area (Å²) in [6.07, 6.45) is 2.54. The first-order valence-electron chi connectivity index (χ1n) is 6.30. The molecular weight excluding hydrogens is 242 g/mol. The van der Waals surface area contributed by atoms with Gasteiger partial charge in [-0.3, -0.25) is 4.79 Å². The van der Waals surface area contributed by atoms with E-state index < -0.39 is 0 Å². The number of anilines is 1. The van der Waals surface area contributed by atoms with Gasteiger partial charge in [0.15, 0.2) is 0 Å². The number of tetrazole rings is 1. The molecule has 0 radical (unpaired) electrons. The van der Waals surface area contributed by atoms with E-state index in [0.29, 0.717) is 5.92 Å². The molecule has 1 fully saturated rings. The first kappa shape index (κ1) is 11.8. The van der Waals surface area contributed by atoms with Crippen LogP contribution in [0.4, 0.5) is 5.69 Å². The quantitative estimate of drug-likeness (QED) is 0.905. The van der Waals surface area contributed by atoms with Crippen molar-refractivity contribution < 1.29 is 4.79 Å². The smallest absolute Gasteiger partial charge is 0.227 e. The Balaban J connectivity index is 1.78. The number of amides is 1. The highest BCUT2D eigenvalue weighted by Crippen LogP contribution is 2.38. The van der Waals surface area contributed by atoms with Crippen LogP contribution in [-0.4, -0.2) is 26.1 Å². The number of carbonyl (C=O) groups is 1. The second-order valence-corrected chi connectivity index (χ2v) is 5.06. The number of benzene rings is 1. The minimum atomic E-state index is 0.113. The Morgan fingerprint density at radius 2 is 2.26 bits per heavy atom. The third-order valence-electron chi connectivity index (χ3n) is 3.51. The first-order valence-corrected chi connectivity index (χ1v) is 6.30. The Labute approximate surface area is 110 Å². The molecule has 1 aromatic carbocycles. The van der Waals surface area contributed by atoms with Gasteiger partial charge in [-0.1, -0.05) is 6.92 Å². The van der Waals surface area contributed by atoms with E-state index in [9.17, 15) is 4.79 Å². The van der Waals surface area contributed by atoms with Gasteiger partial charge in [0.1, 0.15) is 6.33 Å². The summed E-state index contributed by atoms with van der Waals surface area (Å²) in [4.78, 5) is 11.9. The molecule has 19 heavy (non-hydrogen) atoms. The highest BCUT2D eigenvalue weighted by molar-refractivity contribution is 5.94. The molecule has 1 aromatic heterocycles. The highest BCUT2D eigenvalue weighted by atomic mass is 16.2. The zero-order valence-electron chi connectivity index (χ0n) is 10.9. The molecule has 0 aliphatic heterocycles. The number of rotatable bonds is 3. The second kappa shape index (κ2) is 4.46. The molecule has 3 rings (SSSR count). The standard InChI is InChI=1S/C13H15N5O/c1-8-6-11(8)13(19)15-10-3-4-12(9(2)5-10)18-7-14-16-17-18/h3-5,7-8,11H,6H2,1-2H3,(H,15,19). The molecule has 1 heterocycles. The Kier molecular flexibility index (Phi) is 2.77. The molecule has 0 bridgehead atoms. The molecule has 1 aliphatic carbocycles. The molecule has 1 saturated carbocycles. The van der Waals surface area contributed by atoms with Gasteiger partial charge in [0.25, 0.3) is 0 Å². The lowest BCUT2D eigenvalue weighted by molar-refractivity contribution is -0.117. The zero-order valence-corrected chi connectivity index (χ0v) is 10.9. The van der Waals surface area contributed by atoms with Crippen molar-refractivity contribution in [2.24, 2.45) is 11.8 Å². The molecule has 2 atom stereocenters. The van der Waals surface area contributed by atoms with Crippen LogP contribution in [-0.2, 0) is 4.79 Å². The third-order valence-corrected chi connectivity index (χ3v) is 3.51. The van der Waals surface area contributed by atoms with Gasteiger partial charge < -0.3 is 5.32 Å². The van der Waals surface area contributed by atoms with Crippen LogP contribution < -0.4 is 5.32 Å². The summed E-state index contributed by atoms with van der Waals surface area (Å²) >= 11 is 0. The third kappa shape index (κ3) is 2.33. The van der Waals surface area contributed by atoms with Gasteiger partial charge in [0.05, 0.1) is 5.69 Å². The molecule has 1 N–H and O–H groups in total. The van der Waals surface area contributed by atoms with Crippen molar-refractivity contribution in [1.29, 1.82) is 0 Å². The molecular formula is C13H15N5O. The topological polar surface area (TPSA) is 72.7 Å². The average Bonchev–Trinajstić information content (AvgIpc) is 2.90. The van der Waals surface area contributed by atoms with Crippen molar-refractivity contribution >= 4 is 11.6 Å². The lowest BCUT2D eigenvalue weighted by Crippen LogP contribution is -2.14. The SMILES string of the molecule is Cc1cc(NC(=O)C2CC2C)ccc1-n1cnnn1. The van der Waals surface area contributed by atoms with Gasteiger partial charge in [0.2, 0.25) is 5.91 Å². The Hall–Kier alpha value is -2.24. The molecule has 0 spiro atoms. The van der Waals surface area contributed by atoms with Crippen LogP contribution in [0, 0.1) is 18.8 Å². The summed E-state index contributed by atoms with van der Waals surface area (Å²) in [6, 6.07) is 5.70. The van der Waals surface area contributed by atoms with Crippen LogP contribution in [0.25, 0.3) is 5.69 Å². The number of aryl methyl sites for hydroxylation is 1. The molecule has 2 unspecified atom stereocenters. The average molecular weight is 257 g/mol. The van der Waals surface area contributed by atoms with E-state index in [1.165, 1.54) is 0 Å². The van der Waals surface area contributed by atoms with Crippen LogP contribution in [0.1, 0.15) is 18.9 Å². The predicted octanol–water partition coefficient (Wildman–Crippen LogP) is 1.57. The number of nitrogens with zero attached hydrogens (tertiary/aromatic N) is 4. The summed E-state index contributed by atoms with van der Waals surface area (Å²) in [7, 11) is 0. The Bertz CT molecular complexity index is 608. The zero-order chi connectivity index (χ0) is 13.4. The summed E-state index contributed by atoms with van der Waals surface area (Å²) in [6.45, 7) is 4.06. The Morgan fingerprint density at radius 1 is 1.47 bits per heavy atom. The van der Waals surface area contributed by atoms with Crippen molar-refractivity contribution in [2.75, 3.05) is 5.32 Å². The summed E-state index contributed by atoms with van der Waals surface area (Å²) in [5.41, 5.74) is 2.73. The van der Waals surface area contributed by atoms with Crippen LogP contribution >= 0.6 is 0 Å². The number of hydrogen-bond donors (Lipinski definition) is 1. The fourth-order valence-corrected chi connectivity index (χ4v) is 2.18. The second-order valence-electron chi connectivity index (χ2n) is 5.06. The molecule has 2 aromatic rings. The number of carbonyl (C=O) groups excluding carboxylic acids is 1. The van der Waals surface area contributed by atoms with Crippen LogP contribution in [0.3, 0.4) is 0 Å². The largest absolute Gasteiger partial charge is 0.326 e. The van der Waals surface area contributed by atoms with Crippen LogP contribution in [0.5, 0.6) is 0 Å². The first-order chi connectivity index (χ1) is 9.15.